The lowest BCUT2D eigenvalue weighted by molar-refractivity contribution is -0.133. The Labute approximate surface area is 246 Å². The normalized spacial score (nSPS) is 11.6. The van der Waals surface area contributed by atoms with E-state index in [0.717, 1.165) is 27.8 Å². The number of nitrogens with zero attached hydrogens (tertiary/aromatic N) is 1. The molecule has 5 aromatic carbocycles. The Balaban J connectivity index is 1.51. The van der Waals surface area contributed by atoms with E-state index in [-0.39, 0.29) is 11.9 Å². The minimum absolute atomic E-state index is 0.182. The number of hydrogen-bond acceptors (Lipinski definition) is 3. The molecule has 0 saturated heterocycles. The molecule has 41 heavy (non-hydrogen) atoms. The molecule has 4 nitrogen and oxygen atoms in total. The van der Waals surface area contributed by atoms with E-state index in [1.54, 1.807) is 7.11 Å². The molecule has 0 radical (unpaired) electrons. The van der Waals surface area contributed by atoms with Crippen molar-refractivity contribution < 1.29 is 14.3 Å². The van der Waals surface area contributed by atoms with Crippen LogP contribution in [0.1, 0.15) is 39.2 Å². The smallest absolute Gasteiger partial charge is 0.246 e. The van der Waals surface area contributed by atoms with Crippen LogP contribution in [0.15, 0.2) is 140 Å². The van der Waals surface area contributed by atoms with Crippen LogP contribution in [0.25, 0.3) is 0 Å². The molecule has 0 spiro atoms. The van der Waals surface area contributed by atoms with E-state index in [0.29, 0.717) is 24.7 Å². The molecule has 0 aliphatic rings. The molecule has 0 heterocycles. The van der Waals surface area contributed by atoms with Crippen molar-refractivity contribution >= 4 is 17.5 Å². The summed E-state index contributed by atoms with van der Waals surface area (Å²) in [5, 5.41) is -0.846. The lowest BCUT2D eigenvalue weighted by Gasteiger charge is -2.34. The van der Waals surface area contributed by atoms with Gasteiger partial charge in [-0.05, 0) is 39.9 Å². The van der Waals surface area contributed by atoms with E-state index in [1.165, 1.54) is 0 Å². The van der Waals surface area contributed by atoms with Gasteiger partial charge in [-0.15, -0.1) is 11.6 Å². The zero-order chi connectivity index (χ0) is 28.4. The van der Waals surface area contributed by atoms with Crippen molar-refractivity contribution in [2.24, 2.45) is 0 Å². The van der Waals surface area contributed by atoms with Crippen molar-refractivity contribution in [2.45, 2.75) is 24.6 Å². The van der Waals surface area contributed by atoms with Crippen molar-refractivity contribution in [3.8, 4) is 11.5 Å². The monoisotopic (exact) mass is 561 g/mol. The van der Waals surface area contributed by atoms with Gasteiger partial charge in [-0.2, -0.15) is 0 Å². The van der Waals surface area contributed by atoms with Crippen LogP contribution in [0.5, 0.6) is 11.5 Å². The van der Waals surface area contributed by atoms with Gasteiger partial charge in [-0.25, -0.2) is 0 Å². The number of ether oxygens (including phenoxy) is 2. The Kier molecular flexibility index (Phi) is 9.35. The Bertz CT molecular complexity index is 1490. The largest absolute Gasteiger partial charge is 0.493 e. The van der Waals surface area contributed by atoms with Crippen LogP contribution < -0.4 is 9.47 Å². The zero-order valence-corrected chi connectivity index (χ0v) is 23.7. The molecule has 1 atom stereocenters. The first-order valence-electron chi connectivity index (χ1n) is 13.6. The highest BCUT2D eigenvalue weighted by atomic mass is 35.5. The molecule has 1 amide bonds. The van der Waals surface area contributed by atoms with Crippen LogP contribution in [0.3, 0.4) is 0 Å². The minimum Gasteiger partial charge on any atom is -0.493 e. The van der Waals surface area contributed by atoms with E-state index in [4.69, 9.17) is 21.1 Å². The second-order valence-corrected chi connectivity index (χ2v) is 10.2. The first kappa shape index (κ1) is 28.0. The van der Waals surface area contributed by atoms with Gasteiger partial charge in [0.1, 0.15) is 12.0 Å². The highest BCUT2D eigenvalue weighted by molar-refractivity contribution is 6.30. The van der Waals surface area contributed by atoms with Gasteiger partial charge in [0.05, 0.1) is 13.2 Å². The number of rotatable bonds is 11. The number of carbonyl (C=O) groups is 1. The Morgan fingerprint density at radius 3 is 1.71 bits per heavy atom. The molecule has 0 aliphatic heterocycles. The molecule has 0 N–H and O–H groups in total. The number of amides is 1. The summed E-state index contributed by atoms with van der Waals surface area (Å²) in [7, 11) is 1.62. The highest BCUT2D eigenvalue weighted by Crippen LogP contribution is 2.36. The van der Waals surface area contributed by atoms with E-state index in [2.05, 4.69) is 0 Å². The van der Waals surface area contributed by atoms with Gasteiger partial charge in [-0.1, -0.05) is 127 Å². The van der Waals surface area contributed by atoms with Gasteiger partial charge in [0, 0.05) is 6.54 Å². The van der Waals surface area contributed by atoms with Crippen LogP contribution in [-0.4, -0.2) is 17.9 Å². The molecule has 1 unspecified atom stereocenters. The van der Waals surface area contributed by atoms with Crippen molar-refractivity contribution in [3.63, 3.8) is 0 Å². The molecule has 5 aromatic rings. The quantitative estimate of drug-likeness (QED) is 0.152. The Morgan fingerprint density at radius 2 is 1.17 bits per heavy atom. The number of halogens is 1. The van der Waals surface area contributed by atoms with Crippen LogP contribution in [0, 0.1) is 0 Å². The third-order valence-electron chi connectivity index (χ3n) is 6.95. The molecule has 0 saturated carbocycles. The number of benzene rings is 5. The van der Waals surface area contributed by atoms with E-state index in [9.17, 15) is 4.79 Å². The predicted molar refractivity (Wildman–Crippen MR) is 164 cm³/mol. The van der Waals surface area contributed by atoms with E-state index >= 15 is 0 Å². The number of carbonyl (C=O) groups excluding carboxylic acids is 1. The highest BCUT2D eigenvalue weighted by Gasteiger charge is 2.32. The average Bonchev–Trinajstić information content (AvgIpc) is 3.05. The van der Waals surface area contributed by atoms with Crippen LogP contribution in [-0.2, 0) is 17.9 Å². The lowest BCUT2D eigenvalue weighted by Crippen LogP contribution is -2.37. The van der Waals surface area contributed by atoms with Crippen LogP contribution >= 0.6 is 11.6 Å². The summed E-state index contributed by atoms with van der Waals surface area (Å²) in [4.78, 5) is 16.1. The second-order valence-electron chi connectivity index (χ2n) is 9.72. The van der Waals surface area contributed by atoms with Gasteiger partial charge in [0.2, 0.25) is 5.91 Å². The average molecular weight is 562 g/mol. The van der Waals surface area contributed by atoms with Gasteiger partial charge >= 0.3 is 0 Å². The fourth-order valence-electron chi connectivity index (χ4n) is 4.89. The first-order chi connectivity index (χ1) is 20.1. The summed E-state index contributed by atoms with van der Waals surface area (Å²) >= 11 is 6.88. The fourth-order valence-corrected chi connectivity index (χ4v) is 5.16. The summed E-state index contributed by atoms with van der Waals surface area (Å²) in [6.07, 6.45) is 0. The Morgan fingerprint density at radius 1 is 0.659 bits per heavy atom. The summed E-state index contributed by atoms with van der Waals surface area (Å²) in [6, 6.07) is 45.0. The summed E-state index contributed by atoms with van der Waals surface area (Å²) in [6.45, 7) is 0.745. The standard InChI is InChI=1S/C36H32ClNO3/c1-40-33-24-28(22-23-32(33)41-26-27-14-6-2-7-15-27)25-38(36(39)34(37)29-16-8-3-9-17-29)35(30-18-10-4-11-19-30)31-20-12-5-13-21-31/h2-24,34-35H,25-26H2,1H3. The fraction of sp³-hybridized carbons (Fsp3) is 0.139. The number of methoxy groups -OCH3 is 1. The molecule has 5 rings (SSSR count). The van der Waals surface area contributed by atoms with Crippen LogP contribution in [0.2, 0.25) is 0 Å². The SMILES string of the molecule is COc1cc(CN(C(=O)C(Cl)c2ccccc2)C(c2ccccc2)c2ccccc2)ccc1OCc1ccccc1. The minimum atomic E-state index is -0.846. The lowest BCUT2D eigenvalue weighted by atomic mass is 9.95. The molecule has 0 fully saturated rings. The second kappa shape index (κ2) is 13.7. The molecule has 0 aliphatic carbocycles. The third kappa shape index (κ3) is 6.97. The van der Waals surface area contributed by atoms with Crippen LogP contribution in [0.4, 0.5) is 0 Å². The maximum absolute atomic E-state index is 14.3. The maximum Gasteiger partial charge on any atom is 0.246 e. The van der Waals surface area contributed by atoms with Crippen molar-refractivity contribution in [1.82, 2.24) is 4.90 Å². The van der Waals surface area contributed by atoms with Gasteiger partial charge in [0.25, 0.3) is 0 Å². The Hall–Kier alpha value is -4.54. The van der Waals surface area contributed by atoms with E-state index in [1.807, 2.05) is 144 Å². The summed E-state index contributed by atoms with van der Waals surface area (Å²) < 4.78 is 11.8. The van der Waals surface area contributed by atoms with E-state index < -0.39 is 5.38 Å². The number of alkyl halides is 1. The maximum atomic E-state index is 14.3. The van der Waals surface area contributed by atoms with Crippen molar-refractivity contribution in [3.05, 3.63) is 167 Å². The molecule has 0 aromatic heterocycles. The van der Waals surface area contributed by atoms with Gasteiger partial charge in [-0.3, -0.25) is 4.79 Å². The topological polar surface area (TPSA) is 38.8 Å². The summed E-state index contributed by atoms with van der Waals surface area (Å²) in [5.41, 5.74) is 4.72. The molecule has 206 valence electrons. The molecular weight excluding hydrogens is 530 g/mol. The first-order valence-corrected chi connectivity index (χ1v) is 14.0. The predicted octanol–water partition coefficient (Wildman–Crippen LogP) is 8.37. The van der Waals surface area contributed by atoms with Crippen molar-refractivity contribution in [2.75, 3.05) is 7.11 Å². The van der Waals surface area contributed by atoms with Crippen molar-refractivity contribution in [1.29, 1.82) is 0 Å². The van der Waals surface area contributed by atoms with Gasteiger partial charge in [0.15, 0.2) is 11.5 Å². The molecular formula is C36H32ClNO3. The summed E-state index contributed by atoms with van der Waals surface area (Å²) in [5.74, 6) is 1.06. The molecule has 0 bridgehead atoms. The zero-order valence-electron chi connectivity index (χ0n) is 22.9. The third-order valence-corrected chi connectivity index (χ3v) is 7.39. The number of hydrogen-bond donors (Lipinski definition) is 0. The van der Waals surface area contributed by atoms with Gasteiger partial charge < -0.3 is 14.4 Å². The molecule has 5 heteroatoms.